The van der Waals surface area contributed by atoms with Crippen molar-refractivity contribution in [1.29, 1.82) is 0 Å². The van der Waals surface area contributed by atoms with E-state index in [1.807, 2.05) is 17.9 Å². The zero-order chi connectivity index (χ0) is 14.4. The van der Waals surface area contributed by atoms with Gasteiger partial charge in [0.25, 0.3) is 0 Å². The SMILES string of the molecule is Cc1cccc2c1N(C1CC1)CCN2Cc1cnnn1C. The van der Waals surface area contributed by atoms with Gasteiger partial charge in [0.15, 0.2) is 0 Å². The number of nitrogens with zero attached hydrogens (tertiary/aromatic N) is 5. The van der Waals surface area contributed by atoms with E-state index in [4.69, 9.17) is 0 Å². The van der Waals surface area contributed by atoms with Gasteiger partial charge in [-0.05, 0) is 31.4 Å². The Bertz CT molecular complexity index is 658. The number of hydrogen-bond acceptors (Lipinski definition) is 4. The van der Waals surface area contributed by atoms with Crippen LogP contribution in [0.25, 0.3) is 0 Å². The van der Waals surface area contributed by atoms with E-state index in [-0.39, 0.29) is 0 Å². The quantitative estimate of drug-likeness (QED) is 0.864. The minimum atomic E-state index is 0.769. The molecule has 4 rings (SSSR count). The van der Waals surface area contributed by atoms with Crippen molar-refractivity contribution < 1.29 is 0 Å². The molecule has 2 heterocycles. The molecule has 2 aliphatic rings. The van der Waals surface area contributed by atoms with Gasteiger partial charge in [0.1, 0.15) is 0 Å². The Morgan fingerprint density at radius 3 is 2.81 bits per heavy atom. The second-order valence-electron chi connectivity index (χ2n) is 6.14. The van der Waals surface area contributed by atoms with Crippen molar-refractivity contribution in [2.75, 3.05) is 22.9 Å². The van der Waals surface area contributed by atoms with Crippen LogP contribution in [-0.4, -0.2) is 34.1 Å². The van der Waals surface area contributed by atoms with Gasteiger partial charge >= 0.3 is 0 Å². The zero-order valence-corrected chi connectivity index (χ0v) is 12.7. The van der Waals surface area contributed by atoms with Crippen LogP contribution >= 0.6 is 0 Å². The van der Waals surface area contributed by atoms with E-state index in [9.17, 15) is 0 Å². The summed E-state index contributed by atoms with van der Waals surface area (Å²) in [6.45, 7) is 5.29. The minimum Gasteiger partial charge on any atom is -0.365 e. The summed E-state index contributed by atoms with van der Waals surface area (Å²) in [5, 5.41) is 8.03. The molecule has 0 amide bonds. The molecule has 1 aliphatic carbocycles. The van der Waals surface area contributed by atoms with Crippen molar-refractivity contribution in [2.45, 2.75) is 32.4 Å². The van der Waals surface area contributed by atoms with Gasteiger partial charge < -0.3 is 9.80 Å². The number of aryl methyl sites for hydroxylation is 2. The minimum absolute atomic E-state index is 0.769. The molecule has 1 aliphatic heterocycles. The predicted molar refractivity (Wildman–Crippen MR) is 83.6 cm³/mol. The van der Waals surface area contributed by atoms with E-state index in [2.05, 4.69) is 45.2 Å². The molecule has 1 aromatic carbocycles. The van der Waals surface area contributed by atoms with Crippen LogP contribution in [0.1, 0.15) is 24.1 Å². The van der Waals surface area contributed by atoms with Crippen LogP contribution in [0.2, 0.25) is 0 Å². The van der Waals surface area contributed by atoms with Crippen molar-refractivity contribution in [3.05, 3.63) is 35.7 Å². The summed E-state index contributed by atoms with van der Waals surface area (Å²) in [5.41, 5.74) is 5.32. The van der Waals surface area contributed by atoms with Crippen LogP contribution in [0.5, 0.6) is 0 Å². The number of aromatic nitrogens is 3. The molecule has 5 nitrogen and oxygen atoms in total. The third-order valence-electron chi connectivity index (χ3n) is 4.60. The van der Waals surface area contributed by atoms with Crippen molar-refractivity contribution >= 4 is 11.4 Å². The predicted octanol–water partition coefficient (Wildman–Crippen LogP) is 2.11. The number of hydrogen-bond donors (Lipinski definition) is 0. The number of benzene rings is 1. The van der Waals surface area contributed by atoms with Crippen molar-refractivity contribution in [3.63, 3.8) is 0 Å². The highest BCUT2D eigenvalue weighted by atomic mass is 15.4. The Kier molecular flexibility index (Phi) is 2.87. The summed E-state index contributed by atoms with van der Waals surface area (Å²) >= 11 is 0. The van der Waals surface area contributed by atoms with Gasteiger partial charge in [-0.15, -0.1) is 5.10 Å². The smallest absolute Gasteiger partial charge is 0.0777 e. The molecule has 0 atom stereocenters. The molecule has 21 heavy (non-hydrogen) atoms. The fourth-order valence-corrected chi connectivity index (χ4v) is 3.30. The highest BCUT2D eigenvalue weighted by Crippen LogP contribution is 2.42. The maximum atomic E-state index is 4.04. The van der Waals surface area contributed by atoms with Crippen LogP contribution in [0.4, 0.5) is 11.4 Å². The van der Waals surface area contributed by atoms with Crippen LogP contribution in [-0.2, 0) is 13.6 Å². The largest absolute Gasteiger partial charge is 0.365 e. The molecule has 0 N–H and O–H groups in total. The first kappa shape index (κ1) is 12.7. The van der Waals surface area contributed by atoms with Gasteiger partial charge in [0, 0.05) is 26.2 Å². The standard InChI is InChI=1S/C16H21N5/c1-12-4-3-5-15-16(12)21(13-6-7-13)9-8-20(15)11-14-10-17-18-19(14)2/h3-5,10,13H,6-9,11H2,1-2H3. The van der Waals surface area contributed by atoms with Crippen LogP contribution < -0.4 is 9.80 Å². The molecule has 5 heteroatoms. The van der Waals surface area contributed by atoms with Crippen LogP contribution in [0.3, 0.4) is 0 Å². The Morgan fingerprint density at radius 2 is 2.10 bits per heavy atom. The second kappa shape index (κ2) is 4.76. The zero-order valence-electron chi connectivity index (χ0n) is 12.7. The molecule has 1 aromatic heterocycles. The fraction of sp³-hybridized carbons (Fsp3) is 0.500. The highest BCUT2D eigenvalue weighted by molar-refractivity contribution is 5.77. The molecule has 0 spiro atoms. The number of fused-ring (bicyclic) bond motifs is 1. The highest BCUT2D eigenvalue weighted by Gasteiger charge is 2.34. The number of rotatable bonds is 3. The van der Waals surface area contributed by atoms with Gasteiger partial charge in [-0.1, -0.05) is 17.3 Å². The number of anilines is 2. The summed E-state index contributed by atoms with van der Waals surface area (Å²) in [4.78, 5) is 5.07. The Balaban J connectivity index is 1.69. The molecule has 0 radical (unpaired) electrons. The first-order valence-corrected chi connectivity index (χ1v) is 7.69. The van der Waals surface area contributed by atoms with E-state index in [1.54, 1.807) is 0 Å². The lowest BCUT2D eigenvalue weighted by molar-refractivity contribution is 0.638. The van der Waals surface area contributed by atoms with Gasteiger partial charge in [0.2, 0.25) is 0 Å². The molecule has 1 saturated carbocycles. The summed E-state index contributed by atoms with van der Waals surface area (Å²) in [5.74, 6) is 0. The molecule has 110 valence electrons. The van der Waals surface area contributed by atoms with Crippen LogP contribution in [0.15, 0.2) is 24.4 Å². The van der Waals surface area contributed by atoms with E-state index in [0.717, 1.165) is 31.4 Å². The maximum Gasteiger partial charge on any atom is 0.0777 e. The van der Waals surface area contributed by atoms with Crippen molar-refractivity contribution in [2.24, 2.45) is 7.05 Å². The van der Waals surface area contributed by atoms with E-state index in [1.165, 1.54) is 29.8 Å². The molecule has 2 aromatic rings. The van der Waals surface area contributed by atoms with E-state index >= 15 is 0 Å². The first-order chi connectivity index (χ1) is 10.2. The monoisotopic (exact) mass is 283 g/mol. The van der Waals surface area contributed by atoms with Crippen LogP contribution in [0, 0.1) is 6.92 Å². The van der Waals surface area contributed by atoms with Gasteiger partial charge in [-0.3, -0.25) is 4.68 Å². The Morgan fingerprint density at radius 1 is 1.24 bits per heavy atom. The fourth-order valence-electron chi connectivity index (χ4n) is 3.30. The average Bonchev–Trinajstić information content (AvgIpc) is 3.24. The van der Waals surface area contributed by atoms with Crippen molar-refractivity contribution in [1.82, 2.24) is 15.0 Å². The lowest BCUT2D eigenvalue weighted by Gasteiger charge is -2.40. The van der Waals surface area contributed by atoms with Gasteiger partial charge in [-0.25, -0.2) is 0 Å². The maximum absolute atomic E-state index is 4.04. The summed E-state index contributed by atoms with van der Waals surface area (Å²) in [7, 11) is 1.96. The Labute approximate surface area is 125 Å². The molecule has 0 bridgehead atoms. The third-order valence-corrected chi connectivity index (χ3v) is 4.60. The second-order valence-corrected chi connectivity index (χ2v) is 6.14. The molecule has 1 fully saturated rings. The van der Waals surface area contributed by atoms with E-state index < -0.39 is 0 Å². The average molecular weight is 283 g/mol. The summed E-state index contributed by atoms with van der Waals surface area (Å²) in [6.07, 6.45) is 4.56. The summed E-state index contributed by atoms with van der Waals surface area (Å²) < 4.78 is 1.86. The molecular formula is C16H21N5. The van der Waals surface area contributed by atoms with Gasteiger partial charge in [0.05, 0.1) is 29.8 Å². The topological polar surface area (TPSA) is 37.2 Å². The molecule has 0 unspecified atom stereocenters. The van der Waals surface area contributed by atoms with Crippen molar-refractivity contribution in [3.8, 4) is 0 Å². The van der Waals surface area contributed by atoms with Gasteiger partial charge in [-0.2, -0.15) is 0 Å². The molecular weight excluding hydrogens is 262 g/mol. The normalized spacial score (nSPS) is 18.0. The lowest BCUT2D eigenvalue weighted by atomic mass is 10.1. The first-order valence-electron chi connectivity index (χ1n) is 7.69. The number of para-hydroxylation sites is 1. The Hall–Kier alpha value is -2.04. The molecule has 0 saturated heterocycles. The third kappa shape index (κ3) is 2.17. The van der Waals surface area contributed by atoms with E-state index in [0.29, 0.717) is 0 Å². The lowest BCUT2D eigenvalue weighted by Crippen LogP contribution is -2.42. The summed E-state index contributed by atoms with van der Waals surface area (Å²) in [6, 6.07) is 7.41.